The van der Waals surface area contributed by atoms with Gasteiger partial charge in [0.1, 0.15) is 0 Å². The van der Waals surface area contributed by atoms with Crippen LogP contribution in [0.5, 0.6) is 0 Å². The van der Waals surface area contributed by atoms with Crippen molar-refractivity contribution in [2.75, 3.05) is 0 Å². The summed E-state index contributed by atoms with van der Waals surface area (Å²) in [5.74, 6) is 0. The Morgan fingerprint density at radius 1 is 1.08 bits per heavy atom. The van der Waals surface area contributed by atoms with Gasteiger partial charge in [0.15, 0.2) is 17.4 Å². The van der Waals surface area contributed by atoms with E-state index in [1.807, 2.05) is 0 Å². The molecule has 0 radical (unpaired) electrons. The summed E-state index contributed by atoms with van der Waals surface area (Å²) in [6, 6.07) is 0. The van der Waals surface area contributed by atoms with Gasteiger partial charge in [-0.15, -0.1) is 0 Å². The van der Waals surface area contributed by atoms with Crippen LogP contribution in [0.15, 0.2) is 0 Å². The van der Waals surface area contributed by atoms with Crippen LogP contribution >= 0.6 is 7.82 Å². The van der Waals surface area contributed by atoms with Crippen LogP contribution in [0, 0.1) is 0 Å². The van der Waals surface area contributed by atoms with Gasteiger partial charge >= 0.3 is 84.3 Å². The molecule has 68 valence electrons. The molecule has 0 aromatic rings. The Morgan fingerprint density at radius 2 is 1.08 bits per heavy atom. The van der Waals surface area contributed by atoms with Gasteiger partial charge in [-0.3, -0.25) is 4.46 Å². The van der Waals surface area contributed by atoms with Crippen LogP contribution in [0.25, 0.3) is 0 Å². The summed E-state index contributed by atoms with van der Waals surface area (Å²) < 4.78 is 17.6. The van der Waals surface area contributed by atoms with Crippen LogP contribution < -0.4 is 0 Å². The fraction of sp³-hybridized carbons (Fsp3) is 0. The number of hydrogen-bond acceptors (Lipinski definition) is 2. The zero-order valence-electron chi connectivity index (χ0n) is 4.00. The first kappa shape index (κ1) is 29.3. The van der Waals surface area contributed by atoms with E-state index in [0.29, 0.717) is 0 Å². The molecule has 0 saturated heterocycles. The summed E-state index contributed by atoms with van der Waals surface area (Å²) in [5.41, 5.74) is 0. The molecule has 5 N–H and O–H groups in total. The van der Waals surface area contributed by atoms with Crippen molar-refractivity contribution in [3.05, 3.63) is 0 Å². The fourth-order valence-corrected chi connectivity index (χ4v) is 0. The Balaban J connectivity index is -0.0000000221. The molecule has 0 unspecified atom stereocenters. The molecule has 0 amide bonds. The molecule has 0 aromatic heterocycles. The van der Waals surface area contributed by atoms with Gasteiger partial charge in [-0.2, -0.15) is 0 Å². The second kappa shape index (κ2) is 16.0. The van der Waals surface area contributed by atoms with Gasteiger partial charge < -0.3 is 24.3 Å². The zero-order chi connectivity index (χ0) is 8.08. The Morgan fingerprint density at radius 3 is 1.08 bits per heavy atom. The molecular formula is H11AlCaNaO7PSi. The van der Waals surface area contributed by atoms with E-state index < -0.39 is 17.0 Å². The normalized spacial score (nSPS) is 6.92. The molecule has 0 aromatic carbocycles. The molecule has 0 aliphatic rings. The Bertz CT molecular complexity index is 123. The molecule has 0 spiro atoms. The van der Waals surface area contributed by atoms with E-state index in [1.54, 1.807) is 0 Å². The van der Waals surface area contributed by atoms with Gasteiger partial charge in [0.25, 0.3) is 0 Å². The minimum absolute atomic E-state index is 0. The standard InChI is InChI=1S/Al.Ca.Na.H3O4P.H2O3Si.6H/c;;;1-5(2,3)4;1-4(2)3;;;;;;/h;;;(H3,1,2,3,4);1-2H;;;;;;. The number of phosphoric acid groups is 1. The topological polar surface area (TPSA) is 135 Å². The van der Waals surface area contributed by atoms with Crippen molar-refractivity contribution in [3.8, 4) is 0 Å². The predicted molar refractivity (Wildman–Crippen MR) is 50.8 cm³/mol. The van der Waals surface area contributed by atoms with Crippen LogP contribution in [0.2, 0.25) is 0 Å². The average molecular weight is 272 g/mol. The summed E-state index contributed by atoms with van der Waals surface area (Å²) in [6.07, 6.45) is 0. The van der Waals surface area contributed by atoms with E-state index in [1.165, 1.54) is 0 Å². The summed E-state index contributed by atoms with van der Waals surface area (Å²) in [4.78, 5) is 35.9. The third-order valence-electron chi connectivity index (χ3n) is 0. The van der Waals surface area contributed by atoms with Gasteiger partial charge in [-0.25, -0.2) is 4.57 Å². The van der Waals surface area contributed by atoms with Crippen molar-refractivity contribution >= 4 is 102 Å². The van der Waals surface area contributed by atoms with Gasteiger partial charge in [0, 0.05) is 0 Å². The molecule has 0 heterocycles. The zero-order valence-corrected chi connectivity index (χ0v) is 5.89. The molecule has 7 nitrogen and oxygen atoms in total. The Kier molecular flexibility index (Phi) is 39.0. The van der Waals surface area contributed by atoms with E-state index in [9.17, 15) is 0 Å². The second-order valence-corrected chi connectivity index (χ2v) is 2.39. The van der Waals surface area contributed by atoms with Crippen molar-refractivity contribution in [1.29, 1.82) is 0 Å². The van der Waals surface area contributed by atoms with Crippen molar-refractivity contribution in [3.63, 3.8) is 0 Å². The Hall–Kier alpha value is 2.52. The second-order valence-electron chi connectivity index (χ2n) is 0.796. The minimum atomic E-state index is -4.64. The van der Waals surface area contributed by atoms with Crippen molar-refractivity contribution in [2.45, 2.75) is 0 Å². The van der Waals surface area contributed by atoms with E-state index in [-0.39, 0.29) is 84.7 Å². The van der Waals surface area contributed by atoms with Crippen LogP contribution in [0.3, 0.4) is 0 Å². The first-order valence-electron chi connectivity index (χ1n) is 1.43. The van der Waals surface area contributed by atoms with E-state index in [2.05, 4.69) is 0 Å². The van der Waals surface area contributed by atoms with Crippen LogP contribution in [-0.2, 0) is 9.03 Å². The molecule has 0 aliphatic carbocycles. The first-order valence-corrected chi connectivity index (χ1v) is 4.30. The van der Waals surface area contributed by atoms with E-state index in [4.69, 9.17) is 33.3 Å². The van der Waals surface area contributed by atoms with E-state index >= 15 is 0 Å². The number of rotatable bonds is 0. The fourth-order valence-electron chi connectivity index (χ4n) is 0. The maximum atomic E-state index is 8.88. The molecule has 0 rings (SSSR count). The van der Waals surface area contributed by atoms with Crippen molar-refractivity contribution in [1.82, 2.24) is 0 Å². The monoisotopic (exact) mass is 272 g/mol. The molecule has 0 saturated carbocycles. The summed E-state index contributed by atoms with van der Waals surface area (Å²) in [6.45, 7) is 0. The van der Waals surface area contributed by atoms with Crippen LogP contribution in [-0.4, -0.2) is 118 Å². The third-order valence-corrected chi connectivity index (χ3v) is 0. The third kappa shape index (κ3) is 262. The Labute approximate surface area is 133 Å². The van der Waals surface area contributed by atoms with Gasteiger partial charge in [-0.1, -0.05) is 0 Å². The predicted octanol–water partition coefficient (Wildman–Crippen LogP) is -5.29. The molecule has 0 aliphatic heterocycles. The number of hydrogen-bond donors (Lipinski definition) is 5. The quantitative estimate of drug-likeness (QED) is 0.219. The molecule has 12 heavy (non-hydrogen) atoms. The summed E-state index contributed by atoms with van der Waals surface area (Å²) >= 11 is 0. The molecular weight excluding hydrogens is 261 g/mol. The SMILES string of the molecule is O=P(O)(O)O.O=[Si](O)O.[AlH3].[CaH2].[NaH]. The molecule has 0 bridgehead atoms. The summed E-state index contributed by atoms with van der Waals surface area (Å²) in [7, 11) is -7.77. The maximum absolute atomic E-state index is 8.88. The van der Waals surface area contributed by atoms with Crippen LogP contribution in [0.4, 0.5) is 0 Å². The van der Waals surface area contributed by atoms with Crippen LogP contribution in [0.1, 0.15) is 0 Å². The first-order chi connectivity index (χ1) is 3.73. The van der Waals surface area contributed by atoms with E-state index in [0.717, 1.165) is 0 Å². The average Bonchev–Trinajstić information content (AvgIpc) is 1.19. The van der Waals surface area contributed by atoms with Crippen molar-refractivity contribution < 1.29 is 33.3 Å². The van der Waals surface area contributed by atoms with Gasteiger partial charge in [0.2, 0.25) is 0 Å². The van der Waals surface area contributed by atoms with Crippen molar-refractivity contribution in [2.24, 2.45) is 0 Å². The van der Waals surface area contributed by atoms with Gasteiger partial charge in [-0.05, 0) is 0 Å². The molecule has 12 heteroatoms. The molecule has 0 fully saturated rings. The molecule has 0 atom stereocenters. The summed E-state index contributed by atoms with van der Waals surface area (Å²) in [5, 5.41) is 0. The van der Waals surface area contributed by atoms with Gasteiger partial charge in [0.05, 0.1) is 0 Å².